The molecular weight excluding hydrogens is 436 g/mol. The Morgan fingerprint density at radius 1 is 1.20 bits per heavy atom. The molecular formula is C20H40O7Si3. The first kappa shape index (κ1) is 25.7. The SMILES string of the molecule is CC1([Si](C)(C)C)C[Si](C)(C(C)(C)OC2(C)C[Si]2(O)CCCC(CC(=O)O)C(=O)O)O1. The molecule has 2 fully saturated rings. The molecule has 0 aromatic rings. The minimum atomic E-state index is -2.64. The van der Waals surface area contributed by atoms with Crippen LogP contribution in [0.2, 0.25) is 44.3 Å². The highest BCUT2D eigenvalue weighted by atomic mass is 28.4. The number of hydrogen-bond acceptors (Lipinski definition) is 5. The van der Waals surface area contributed by atoms with Crippen LogP contribution in [0.1, 0.15) is 47.0 Å². The molecule has 0 saturated carbocycles. The standard InChI is InChI=1S/C20H40O7Si3/c1-18(2,29(8)13-20(4,27-29)28(5,6)7)26-19(3)14-30(19,25)11-9-10-15(17(23)24)12-16(21)22/h15,25H,9-14H2,1-8H3,(H,21,22)(H,23,24). The van der Waals surface area contributed by atoms with Crippen LogP contribution in [0.3, 0.4) is 0 Å². The van der Waals surface area contributed by atoms with E-state index in [1.54, 1.807) is 0 Å². The van der Waals surface area contributed by atoms with Crippen molar-refractivity contribution in [2.24, 2.45) is 5.92 Å². The van der Waals surface area contributed by atoms with Crippen molar-refractivity contribution in [3.8, 4) is 0 Å². The van der Waals surface area contributed by atoms with E-state index in [2.05, 4.69) is 47.0 Å². The van der Waals surface area contributed by atoms with Crippen LogP contribution < -0.4 is 0 Å². The maximum absolute atomic E-state index is 11.2. The average molecular weight is 477 g/mol. The van der Waals surface area contributed by atoms with Gasteiger partial charge in [-0.05, 0) is 58.8 Å². The zero-order valence-corrected chi connectivity index (χ0v) is 22.8. The Hall–Kier alpha value is -0.529. The van der Waals surface area contributed by atoms with Crippen LogP contribution >= 0.6 is 0 Å². The van der Waals surface area contributed by atoms with Gasteiger partial charge in [0, 0.05) is 5.22 Å². The fourth-order valence-electron chi connectivity index (χ4n) is 4.72. The summed E-state index contributed by atoms with van der Waals surface area (Å²) in [5.74, 6) is -3.10. The van der Waals surface area contributed by atoms with Crippen LogP contribution in [-0.4, -0.2) is 67.3 Å². The molecule has 0 spiro atoms. The van der Waals surface area contributed by atoms with Crippen LogP contribution in [0.5, 0.6) is 0 Å². The Labute approximate surface area is 183 Å². The molecule has 3 N–H and O–H groups in total. The zero-order valence-electron chi connectivity index (χ0n) is 19.8. The summed E-state index contributed by atoms with van der Waals surface area (Å²) in [5.41, 5.74) is 0. The lowest BCUT2D eigenvalue weighted by molar-refractivity contribution is -0.148. The van der Waals surface area contributed by atoms with Crippen molar-refractivity contribution in [2.75, 3.05) is 0 Å². The van der Waals surface area contributed by atoms with E-state index in [4.69, 9.17) is 14.3 Å². The van der Waals surface area contributed by atoms with Gasteiger partial charge in [-0.1, -0.05) is 26.1 Å². The van der Waals surface area contributed by atoms with Gasteiger partial charge in [0.1, 0.15) is 0 Å². The molecule has 5 atom stereocenters. The van der Waals surface area contributed by atoms with Gasteiger partial charge >= 0.3 is 11.9 Å². The normalized spacial score (nSPS) is 37.4. The van der Waals surface area contributed by atoms with Crippen LogP contribution in [0.25, 0.3) is 0 Å². The molecule has 7 nitrogen and oxygen atoms in total. The molecule has 2 rings (SSSR count). The third kappa shape index (κ3) is 4.78. The summed E-state index contributed by atoms with van der Waals surface area (Å²) in [4.78, 5) is 33.3. The summed E-state index contributed by atoms with van der Waals surface area (Å²) in [6, 6.07) is 2.23. The second-order valence-electron chi connectivity index (χ2n) is 11.6. The van der Waals surface area contributed by atoms with Gasteiger partial charge in [0.05, 0.1) is 30.9 Å². The lowest BCUT2D eigenvalue weighted by Gasteiger charge is -2.62. The highest BCUT2D eigenvalue weighted by Crippen LogP contribution is 2.57. The molecule has 2 heterocycles. The monoisotopic (exact) mass is 476 g/mol. The molecule has 0 radical (unpaired) electrons. The summed E-state index contributed by atoms with van der Waals surface area (Å²) < 4.78 is 13.2. The molecule has 0 aromatic heterocycles. The second-order valence-corrected chi connectivity index (χ2v) is 25.3. The molecule has 2 aliphatic heterocycles. The van der Waals surface area contributed by atoms with Crippen LogP contribution in [0.4, 0.5) is 0 Å². The van der Waals surface area contributed by atoms with Crippen molar-refractivity contribution in [3.05, 3.63) is 0 Å². The van der Waals surface area contributed by atoms with Gasteiger partial charge in [0.15, 0.2) is 0 Å². The maximum atomic E-state index is 11.2. The molecule has 0 aliphatic carbocycles. The smallest absolute Gasteiger partial charge is 0.307 e. The second kappa shape index (κ2) is 7.80. The molecule has 10 heteroatoms. The molecule has 174 valence electrons. The maximum Gasteiger partial charge on any atom is 0.307 e. The fourth-order valence-corrected chi connectivity index (χ4v) is 16.9. The first-order valence-corrected chi connectivity index (χ1v) is 19.3. The van der Waals surface area contributed by atoms with E-state index in [0.717, 1.165) is 6.04 Å². The Morgan fingerprint density at radius 3 is 2.17 bits per heavy atom. The minimum Gasteiger partial charge on any atom is -0.481 e. The quantitative estimate of drug-likeness (QED) is 0.389. The summed E-state index contributed by atoms with van der Waals surface area (Å²) in [5, 5.41) is 17.1. The Balaban J connectivity index is 1.94. The van der Waals surface area contributed by atoms with Crippen LogP contribution in [0, 0.1) is 5.92 Å². The third-order valence-corrected chi connectivity index (χ3v) is 21.0. The van der Waals surface area contributed by atoms with E-state index >= 15 is 0 Å². The molecule has 2 saturated heterocycles. The number of carboxylic acids is 2. The number of aliphatic carboxylic acids is 2. The van der Waals surface area contributed by atoms with Crippen molar-refractivity contribution < 1.29 is 33.8 Å². The number of hydrogen-bond donors (Lipinski definition) is 3. The lowest BCUT2D eigenvalue weighted by atomic mass is 10.0. The van der Waals surface area contributed by atoms with E-state index in [0.29, 0.717) is 18.5 Å². The van der Waals surface area contributed by atoms with Crippen molar-refractivity contribution in [1.82, 2.24) is 0 Å². The first-order chi connectivity index (χ1) is 13.3. The Morgan fingerprint density at radius 2 is 1.73 bits per heavy atom. The number of carbonyl (C=O) groups is 2. The molecule has 0 amide bonds. The lowest BCUT2D eigenvalue weighted by Crippen LogP contribution is -2.77. The molecule has 0 aromatic carbocycles. The van der Waals surface area contributed by atoms with Crippen molar-refractivity contribution in [3.63, 3.8) is 0 Å². The van der Waals surface area contributed by atoms with Gasteiger partial charge in [-0.2, -0.15) is 0 Å². The van der Waals surface area contributed by atoms with Gasteiger partial charge < -0.3 is 24.2 Å². The third-order valence-electron chi connectivity index (χ3n) is 7.87. The molecule has 30 heavy (non-hydrogen) atoms. The van der Waals surface area contributed by atoms with Crippen LogP contribution in [-0.2, 0) is 18.8 Å². The summed E-state index contributed by atoms with van der Waals surface area (Å²) >= 11 is 0. The van der Waals surface area contributed by atoms with E-state index in [9.17, 15) is 19.5 Å². The highest BCUT2D eigenvalue weighted by molar-refractivity contribution is 6.88. The van der Waals surface area contributed by atoms with Gasteiger partial charge in [-0.25, -0.2) is 0 Å². The number of carboxylic acid groups (broad SMARTS) is 2. The Bertz CT molecular complexity index is 699. The molecule has 5 unspecified atom stereocenters. The van der Waals surface area contributed by atoms with Crippen LogP contribution in [0.15, 0.2) is 0 Å². The molecule has 2 aliphatic rings. The van der Waals surface area contributed by atoms with E-state index < -0.39 is 53.0 Å². The number of ether oxygens (including phenoxy) is 1. The zero-order chi connectivity index (χ0) is 23.4. The van der Waals surface area contributed by atoms with Crippen molar-refractivity contribution in [1.29, 1.82) is 0 Å². The fraction of sp³-hybridized carbons (Fsp3) is 0.900. The minimum absolute atomic E-state index is 0.0250. The highest BCUT2D eigenvalue weighted by Gasteiger charge is 2.72. The predicted octanol–water partition coefficient (Wildman–Crippen LogP) is 3.77. The van der Waals surface area contributed by atoms with E-state index in [1.807, 2.05) is 6.92 Å². The van der Waals surface area contributed by atoms with Crippen molar-refractivity contribution >= 4 is 36.6 Å². The topological polar surface area (TPSA) is 113 Å². The van der Waals surface area contributed by atoms with Gasteiger partial charge in [-0.3, -0.25) is 9.59 Å². The average Bonchev–Trinajstić information content (AvgIpc) is 3.02. The Kier molecular flexibility index (Phi) is 6.69. The number of rotatable bonds is 11. The van der Waals surface area contributed by atoms with Gasteiger partial charge in [0.25, 0.3) is 0 Å². The van der Waals surface area contributed by atoms with Gasteiger partial charge in [-0.15, -0.1) is 0 Å². The summed E-state index contributed by atoms with van der Waals surface area (Å²) in [6.45, 7) is 17.6. The van der Waals surface area contributed by atoms with Gasteiger partial charge in [0.2, 0.25) is 16.6 Å². The summed E-state index contributed by atoms with van der Waals surface area (Å²) in [6.07, 6.45) is 0.388. The first-order valence-electron chi connectivity index (χ1n) is 10.9. The predicted molar refractivity (Wildman–Crippen MR) is 123 cm³/mol. The molecule has 0 bridgehead atoms. The largest absolute Gasteiger partial charge is 0.481 e. The summed E-state index contributed by atoms with van der Waals surface area (Å²) in [7, 11) is -6.20. The van der Waals surface area contributed by atoms with E-state index in [1.165, 1.54) is 0 Å². The van der Waals surface area contributed by atoms with E-state index in [-0.39, 0.29) is 18.1 Å². The van der Waals surface area contributed by atoms with Crippen molar-refractivity contribution in [2.45, 2.75) is 107 Å².